The van der Waals surface area contributed by atoms with Gasteiger partial charge < -0.3 is 19.0 Å². The van der Waals surface area contributed by atoms with Crippen LogP contribution in [0.3, 0.4) is 0 Å². The molecule has 5 rings (SSSR count). The van der Waals surface area contributed by atoms with Crippen molar-refractivity contribution < 1.29 is 23.8 Å². The number of aliphatic hydroxyl groups excluding tert-OH is 1. The van der Waals surface area contributed by atoms with Crippen LogP contribution in [-0.2, 0) is 18.7 Å². The van der Waals surface area contributed by atoms with E-state index in [9.17, 15) is 9.90 Å². The van der Waals surface area contributed by atoms with E-state index in [2.05, 4.69) is 52.0 Å². The maximum absolute atomic E-state index is 13.3. The number of ketones is 1. The summed E-state index contributed by atoms with van der Waals surface area (Å²) < 4.78 is 18.5. The standard InChI is InChI=1S/C28H34O5Si/c1-5-12-21-25(32-21)22-20(23(29)26-27(33-26)24(22)30)17-31-34(28(2,3)4,18-13-8-6-9-14-18)19-15-10-7-11-16-19/h6-11,13-16,21,24-27,30H,5,12,17H2,1-4H3/t21-,24-,25+,26-,27+/m1/s1. The number of carbonyl (C=O) groups excluding carboxylic acids is 1. The van der Waals surface area contributed by atoms with Gasteiger partial charge in [0.2, 0.25) is 0 Å². The Bertz CT molecular complexity index is 1040. The highest BCUT2D eigenvalue weighted by molar-refractivity contribution is 6.99. The van der Waals surface area contributed by atoms with Gasteiger partial charge in [-0.2, -0.15) is 0 Å². The molecule has 6 heteroatoms. The molecule has 1 N–H and O–H groups in total. The summed E-state index contributed by atoms with van der Waals surface area (Å²) >= 11 is 0. The van der Waals surface area contributed by atoms with Crippen molar-refractivity contribution in [2.75, 3.05) is 6.61 Å². The zero-order chi connectivity index (χ0) is 24.1. The third-order valence-corrected chi connectivity index (χ3v) is 12.4. The second-order valence-electron chi connectivity index (χ2n) is 10.6. The number of epoxide rings is 2. The van der Waals surface area contributed by atoms with Crippen molar-refractivity contribution in [3.05, 3.63) is 71.8 Å². The molecule has 0 radical (unpaired) electrons. The van der Waals surface area contributed by atoms with Crippen molar-refractivity contribution in [2.45, 2.75) is 76.1 Å². The van der Waals surface area contributed by atoms with E-state index in [4.69, 9.17) is 13.9 Å². The van der Waals surface area contributed by atoms with Gasteiger partial charge in [-0.15, -0.1) is 0 Å². The lowest BCUT2D eigenvalue weighted by molar-refractivity contribution is -0.117. The number of hydrogen-bond donors (Lipinski definition) is 1. The topological polar surface area (TPSA) is 71.6 Å². The maximum atomic E-state index is 13.3. The van der Waals surface area contributed by atoms with Crippen LogP contribution in [0.1, 0.15) is 40.5 Å². The molecule has 2 aromatic carbocycles. The third kappa shape index (κ3) is 3.91. The van der Waals surface area contributed by atoms with Crippen LogP contribution < -0.4 is 10.4 Å². The van der Waals surface area contributed by atoms with Gasteiger partial charge >= 0.3 is 0 Å². The molecule has 0 spiro atoms. The predicted octanol–water partition coefficient (Wildman–Crippen LogP) is 3.14. The molecule has 1 aliphatic carbocycles. The molecule has 0 unspecified atom stereocenters. The van der Waals surface area contributed by atoms with E-state index in [0.29, 0.717) is 11.1 Å². The van der Waals surface area contributed by atoms with E-state index in [-0.39, 0.29) is 29.6 Å². The molecule has 3 aliphatic rings. The summed E-state index contributed by atoms with van der Waals surface area (Å²) in [6, 6.07) is 20.8. The molecule has 2 saturated heterocycles. The van der Waals surface area contributed by atoms with Crippen molar-refractivity contribution in [1.29, 1.82) is 0 Å². The Morgan fingerprint density at radius 2 is 1.53 bits per heavy atom. The molecule has 2 heterocycles. The van der Waals surface area contributed by atoms with Gasteiger partial charge in [-0.05, 0) is 21.8 Å². The molecule has 0 saturated carbocycles. The third-order valence-electron chi connectivity index (χ3n) is 7.37. The van der Waals surface area contributed by atoms with E-state index in [0.717, 1.165) is 23.2 Å². The monoisotopic (exact) mass is 478 g/mol. The van der Waals surface area contributed by atoms with E-state index in [1.165, 1.54) is 0 Å². The van der Waals surface area contributed by atoms with Crippen LogP contribution in [0.5, 0.6) is 0 Å². The molecule has 0 aromatic heterocycles. The SMILES string of the molecule is CCC[C@H]1O[C@@H]1C1=C(CO[Si](c2ccccc2)(c2ccccc2)C(C)(C)C)C(=O)[C@H]2O[C@H]2[C@@H]1O. The normalized spacial score (nSPS) is 28.6. The second kappa shape index (κ2) is 8.84. The van der Waals surface area contributed by atoms with Crippen molar-refractivity contribution in [3.8, 4) is 0 Å². The van der Waals surface area contributed by atoms with E-state index in [1.807, 2.05) is 36.4 Å². The van der Waals surface area contributed by atoms with Crippen LogP contribution in [0.15, 0.2) is 71.8 Å². The number of Topliss-reactive ketones (excluding diaryl/α,β-unsaturated/α-hetero) is 1. The highest BCUT2D eigenvalue weighted by Crippen LogP contribution is 2.46. The molecular weight excluding hydrogens is 444 g/mol. The molecule has 5 atom stereocenters. The van der Waals surface area contributed by atoms with E-state index < -0.39 is 26.6 Å². The lowest BCUT2D eigenvalue weighted by atomic mass is 9.85. The Labute approximate surface area is 202 Å². The molecule has 5 nitrogen and oxygen atoms in total. The van der Waals surface area contributed by atoms with Crippen molar-refractivity contribution in [2.24, 2.45) is 0 Å². The minimum absolute atomic E-state index is 0.0561. The summed E-state index contributed by atoms with van der Waals surface area (Å²) in [5.41, 5.74) is 1.22. The van der Waals surface area contributed by atoms with Gasteiger partial charge in [0.1, 0.15) is 24.4 Å². The Morgan fingerprint density at radius 3 is 2.06 bits per heavy atom. The molecule has 0 amide bonds. The Balaban J connectivity index is 1.57. The Hall–Kier alpha value is -2.09. The molecule has 180 valence electrons. The minimum atomic E-state index is -2.82. The maximum Gasteiger partial charge on any atom is 0.261 e. The minimum Gasteiger partial charge on any atom is -0.403 e. The van der Waals surface area contributed by atoms with Crippen LogP contribution >= 0.6 is 0 Å². The van der Waals surface area contributed by atoms with Gasteiger partial charge in [0.25, 0.3) is 8.32 Å². The average Bonchev–Trinajstić information content (AvgIpc) is 3.74. The van der Waals surface area contributed by atoms with Crippen LogP contribution in [-0.4, -0.2) is 56.3 Å². The van der Waals surface area contributed by atoms with Gasteiger partial charge in [0.05, 0.1) is 12.7 Å². The van der Waals surface area contributed by atoms with Gasteiger partial charge in [-0.1, -0.05) is 94.8 Å². The molecule has 34 heavy (non-hydrogen) atoms. The lowest BCUT2D eigenvalue weighted by Crippen LogP contribution is -2.66. The summed E-state index contributed by atoms with van der Waals surface area (Å²) in [5, 5.41) is 13.1. The first-order chi connectivity index (χ1) is 16.3. The molecule has 0 bridgehead atoms. The Morgan fingerprint density at radius 1 is 0.941 bits per heavy atom. The molecular formula is C28H34O5Si. The van der Waals surface area contributed by atoms with E-state index >= 15 is 0 Å². The summed E-state index contributed by atoms with van der Waals surface area (Å²) in [6.45, 7) is 8.90. The summed E-state index contributed by atoms with van der Waals surface area (Å²) in [7, 11) is -2.82. The fourth-order valence-corrected chi connectivity index (χ4v) is 10.1. The van der Waals surface area contributed by atoms with Gasteiger partial charge in [-0.25, -0.2) is 0 Å². The highest BCUT2D eigenvalue weighted by atomic mass is 28.4. The zero-order valence-electron chi connectivity index (χ0n) is 20.4. The molecule has 2 aromatic rings. The predicted molar refractivity (Wildman–Crippen MR) is 134 cm³/mol. The smallest absolute Gasteiger partial charge is 0.261 e. The van der Waals surface area contributed by atoms with Crippen molar-refractivity contribution >= 4 is 24.5 Å². The number of hydrogen-bond acceptors (Lipinski definition) is 5. The molecule has 2 fully saturated rings. The van der Waals surface area contributed by atoms with E-state index in [1.54, 1.807) is 0 Å². The number of rotatable bonds is 8. The van der Waals surface area contributed by atoms with Crippen LogP contribution in [0.25, 0.3) is 0 Å². The van der Waals surface area contributed by atoms with Gasteiger partial charge in [0, 0.05) is 11.1 Å². The summed E-state index contributed by atoms with van der Waals surface area (Å²) in [6.07, 6.45) is -0.0675. The Kier molecular flexibility index (Phi) is 6.15. The summed E-state index contributed by atoms with van der Waals surface area (Å²) in [4.78, 5) is 13.3. The fourth-order valence-electron chi connectivity index (χ4n) is 5.60. The number of ether oxygens (including phenoxy) is 2. The van der Waals surface area contributed by atoms with Gasteiger partial charge in [-0.3, -0.25) is 4.79 Å². The first-order valence-electron chi connectivity index (χ1n) is 12.3. The van der Waals surface area contributed by atoms with Crippen LogP contribution in [0, 0.1) is 0 Å². The average molecular weight is 479 g/mol. The first-order valence-corrected chi connectivity index (χ1v) is 14.2. The number of fused-ring (bicyclic) bond motifs is 1. The fraction of sp³-hybridized carbons (Fsp3) is 0.464. The number of carbonyl (C=O) groups is 1. The van der Waals surface area contributed by atoms with Crippen LogP contribution in [0.2, 0.25) is 5.04 Å². The first kappa shape index (κ1) is 23.6. The number of benzene rings is 2. The van der Waals surface area contributed by atoms with Crippen molar-refractivity contribution in [3.63, 3.8) is 0 Å². The highest BCUT2D eigenvalue weighted by Gasteiger charge is 2.60. The lowest BCUT2D eigenvalue weighted by Gasteiger charge is -2.43. The summed E-state index contributed by atoms with van der Waals surface area (Å²) in [5.74, 6) is -0.0611. The van der Waals surface area contributed by atoms with Crippen LogP contribution in [0.4, 0.5) is 0 Å². The second-order valence-corrected chi connectivity index (χ2v) is 14.9. The van der Waals surface area contributed by atoms with Gasteiger partial charge in [0.15, 0.2) is 5.78 Å². The zero-order valence-corrected chi connectivity index (χ0v) is 21.4. The number of aliphatic hydroxyl groups is 1. The quantitative estimate of drug-likeness (QED) is 0.466. The molecule has 2 aliphatic heterocycles. The van der Waals surface area contributed by atoms with Crippen molar-refractivity contribution in [1.82, 2.24) is 0 Å². The largest absolute Gasteiger partial charge is 0.403 e.